The Morgan fingerprint density at radius 1 is 1.31 bits per heavy atom. The van der Waals surface area contributed by atoms with Gasteiger partial charge in [0.05, 0.1) is 11.4 Å². The molecule has 0 saturated carbocycles. The molecule has 1 atom stereocenters. The molecule has 0 aliphatic heterocycles. The third-order valence-corrected chi connectivity index (χ3v) is 5.56. The Kier molecular flexibility index (Phi) is 6.51. The molecule has 0 radical (unpaired) electrons. The molecule has 0 bridgehead atoms. The van der Waals surface area contributed by atoms with Gasteiger partial charge >= 0.3 is 0 Å². The number of sulfone groups is 1. The van der Waals surface area contributed by atoms with Gasteiger partial charge in [-0.05, 0) is 19.8 Å². The molecule has 98 valence electrons. The second-order valence-corrected chi connectivity index (χ2v) is 6.81. The molecule has 5 heteroatoms. The molecule has 0 rings (SSSR count). The van der Waals surface area contributed by atoms with E-state index < -0.39 is 14.6 Å². The zero-order valence-electron chi connectivity index (χ0n) is 11.0. The maximum absolute atomic E-state index is 11.8. The van der Waals surface area contributed by atoms with Crippen LogP contribution in [0.15, 0.2) is 0 Å². The van der Waals surface area contributed by atoms with Gasteiger partial charge < -0.3 is 10.1 Å². The zero-order chi connectivity index (χ0) is 12.8. The molecule has 0 spiro atoms. The van der Waals surface area contributed by atoms with Crippen molar-refractivity contribution in [1.82, 2.24) is 5.32 Å². The molecule has 0 saturated heterocycles. The summed E-state index contributed by atoms with van der Waals surface area (Å²) in [6.45, 7) is 6.92. The van der Waals surface area contributed by atoms with Crippen molar-refractivity contribution >= 4 is 9.84 Å². The van der Waals surface area contributed by atoms with Crippen LogP contribution in [0, 0.1) is 0 Å². The lowest BCUT2D eigenvalue weighted by Crippen LogP contribution is -2.49. The van der Waals surface area contributed by atoms with Crippen molar-refractivity contribution in [3.8, 4) is 0 Å². The standard InChI is InChI=1S/C11H25NO3S/c1-6-11(7-2,16(5,13)14)9-12-10(3)8-15-4/h10,12H,6-9H2,1-5H3. The number of ether oxygens (including phenoxy) is 1. The van der Waals surface area contributed by atoms with Gasteiger partial charge in [0.15, 0.2) is 9.84 Å². The van der Waals surface area contributed by atoms with E-state index in [9.17, 15) is 8.42 Å². The summed E-state index contributed by atoms with van der Waals surface area (Å²) in [5.74, 6) is 0. The Labute approximate surface area is 99.7 Å². The topological polar surface area (TPSA) is 55.4 Å². The highest BCUT2D eigenvalue weighted by molar-refractivity contribution is 7.92. The molecule has 1 unspecified atom stereocenters. The molecule has 0 aliphatic rings. The van der Waals surface area contributed by atoms with Crippen molar-refractivity contribution in [2.75, 3.05) is 26.5 Å². The Balaban J connectivity index is 4.59. The van der Waals surface area contributed by atoms with Crippen LogP contribution in [0.4, 0.5) is 0 Å². The molecule has 1 N–H and O–H groups in total. The summed E-state index contributed by atoms with van der Waals surface area (Å²) in [5.41, 5.74) is 0. The van der Waals surface area contributed by atoms with Crippen LogP contribution in [0.1, 0.15) is 33.6 Å². The highest BCUT2D eigenvalue weighted by atomic mass is 32.2. The maximum atomic E-state index is 11.8. The monoisotopic (exact) mass is 251 g/mol. The fourth-order valence-corrected chi connectivity index (χ4v) is 3.22. The lowest BCUT2D eigenvalue weighted by molar-refractivity contribution is 0.170. The maximum Gasteiger partial charge on any atom is 0.154 e. The molecule has 0 aromatic carbocycles. The van der Waals surface area contributed by atoms with E-state index in [1.165, 1.54) is 6.26 Å². The molecule has 0 aliphatic carbocycles. The average Bonchev–Trinajstić information content (AvgIpc) is 2.18. The second kappa shape index (κ2) is 6.57. The van der Waals surface area contributed by atoms with Crippen molar-refractivity contribution < 1.29 is 13.2 Å². The second-order valence-electron chi connectivity index (χ2n) is 4.40. The molecular weight excluding hydrogens is 226 g/mol. The predicted molar refractivity (Wildman–Crippen MR) is 67.5 cm³/mol. The summed E-state index contributed by atoms with van der Waals surface area (Å²) in [5, 5.41) is 3.23. The van der Waals surface area contributed by atoms with E-state index in [-0.39, 0.29) is 6.04 Å². The van der Waals surface area contributed by atoms with Crippen LogP contribution in [-0.2, 0) is 14.6 Å². The van der Waals surface area contributed by atoms with E-state index in [1.54, 1.807) is 7.11 Å². The van der Waals surface area contributed by atoms with E-state index in [0.717, 1.165) is 0 Å². The largest absolute Gasteiger partial charge is 0.383 e. The molecule has 0 amide bonds. The van der Waals surface area contributed by atoms with Gasteiger partial charge in [-0.15, -0.1) is 0 Å². The van der Waals surface area contributed by atoms with Crippen molar-refractivity contribution in [1.29, 1.82) is 0 Å². The Morgan fingerprint density at radius 2 is 1.81 bits per heavy atom. The molecule has 4 nitrogen and oxygen atoms in total. The summed E-state index contributed by atoms with van der Waals surface area (Å²) in [6.07, 6.45) is 2.59. The number of methoxy groups -OCH3 is 1. The lowest BCUT2D eigenvalue weighted by Gasteiger charge is -2.31. The van der Waals surface area contributed by atoms with Crippen LogP contribution in [0.25, 0.3) is 0 Å². The Morgan fingerprint density at radius 3 is 2.12 bits per heavy atom. The van der Waals surface area contributed by atoms with Gasteiger partial charge in [-0.1, -0.05) is 13.8 Å². The van der Waals surface area contributed by atoms with Crippen LogP contribution in [0.3, 0.4) is 0 Å². The molecule has 0 aromatic heterocycles. The normalized spacial score (nSPS) is 15.1. The quantitative estimate of drug-likeness (QED) is 0.704. The minimum absolute atomic E-state index is 0.171. The summed E-state index contributed by atoms with van der Waals surface area (Å²) in [4.78, 5) is 0. The fraction of sp³-hybridized carbons (Fsp3) is 1.00. The number of rotatable bonds is 8. The minimum atomic E-state index is -3.04. The predicted octanol–water partition coefficient (Wildman–Crippen LogP) is 1.21. The molecule has 16 heavy (non-hydrogen) atoms. The number of hydrogen-bond acceptors (Lipinski definition) is 4. The van der Waals surface area contributed by atoms with E-state index in [0.29, 0.717) is 26.0 Å². The van der Waals surface area contributed by atoms with Gasteiger partial charge in [0.1, 0.15) is 0 Å². The first-order chi connectivity index (χ1) is 7.33. The van der Waals surface area contributed by atoms with Crippen molar-refractivity contribution in [3.63, 3.8) is 0 Å². The van der Waals surface area contributed by atoms with Gasteiger partial charge in [0.2, 0.25) is 0 Å². The number of nitrogens with one attached hydrogen (secondary N) is 1. The fourth-order valence-electron chi connectivity index (χ4n) is 1.82. The summed E-state index contributed by atoms with van der Waals surface area (Å²) in [6, 6.07) is 0.171. The molecule has 0 aromatic rings. The SMILES string of the molecule is CCC(CC)(CNC(C)COC)S(C)(=O)=O. The van der Waals surface area contributed by atoms with Crippen LogP contribution < -0.4 is 5.32 Å². The molecule has 0 heterocycles. The highest BCUT2D eigenvalue weighted by Gasteiger charge is 2.37. The average molecular weight is 251 g/mol. The number of hydrogen-bond donors (Lipinski definition) is 1. The Bertz CT molecular complexity index is 284. The third-order valence-electron chi connectivity index (χ3n) is 3.26. The van der Waals surface area contributed by atoms with Gasteiger partial charge in [-0.25, -0.2) is 8.42 Å². The van der Waals surface area contributed by atoms with Crippen LogP contribution in [0.2, 0.25) is 0 Å². The summed E-state index contributed by atoms with van der Waals surface area (Å²) >= 11 is 0. The Hall–Kier alpha value is -0.130. The molecule has 0 fully saturated rings. The first-order valence-electron chi connectivity index (χ1n) is 5.75. The smallest absolute Gasteiger partial charge is 0.154 e. The lowest BCUT2D eigenvalue weighted by atomic mass is 10.0. The van der Waals surface area contributed by atoms with Crippen molar-refractivity contribution in [2.24, 2.45) is 0 Å². The van der Waals surface area contributed by atoms with Crippen molar-refractivity contribution in [3.05, 3.63) is 0 Å². The minimum Gasteiger partial charge on any atom is -0.383 e. The highest BCUT2D eigenvalue weighted by Crippen LogP contribution is 2.24. The van der Waals surface area contributed by atoms with E-state index in [4.69, 9.17) is 4.74 Å². The van der Waals surface area contributed by atoms with E-state index in [2.05, 4.69) is 5.32 Å². The van der Waals surface area contributed by atoms with E-state index in [1.807, 2.05) is 20.8 Å². The van der Waals surface area contributed by atoms with Crippen LogP contribution in [-0.4, -0.2) is 45.7 Å². The molecular formula is C11H25NO3S. The first-order valence-corrected chi connectivity index (χ1v) is 7.64. The first kappa shape index (κ1) is 15.9. The van der Waals surface area contributed by atoms with Gasteiger partial charge in [-0.3, -0.25) is 0 Å². The van der Waals surface area contributed by atoms with Gasteiger partial charge in [0, 0.05) is 26.0 Å². The third kappa shape index (κ3) is 4.03. The van der Waals surface area contributed by atoms with Crippen molar-refractivity contribution in [2.45, 2.75) is 44.4 Å². The van der Waals surface area contributed by atoms with Crippen LogP contribution >= 0.6 is 0 Å². The summed E-state index contributed by atoms with van der Waals surface area (Å²) in [7, 11) is -1.40. The van der Waals surface area contributed by atoms with Gasteiger partial charge in [-0.2, -0.15) is 0 Å². The van der Waals surface area contributed by atoms with E-state index >= 15 is 0 Å². The zero-order valence-corrected chi connectivity index (χ0v) is 11.9. The van der Waals surface area contributed by atoms with Gasteiger partial charge in [0.25, 0.3) is 0 Å². The van der Waals surface area contributed by atoms with Crippen LogP contribution in [0.5, 0.6) is 0 Å². The summed E-state index contributed by atoms with van der Waals surface area (Å²) < 4.78 is 28.0.